The first-order valence-electron chi connectivity index (χ1n) is 12.2. The van der Waals surface area contributed by atoms with Gasteiger partial charge in [-0.15, -0.1) is 0 Å². The highest BCUT2D eigenvalue weighted by Crippen LogP contribution is 2.24. The van der Waals surface area contributed by atoms with Crippen LogP contribution in [-0.2, 0) is 6.54 Å². The van der Waals surface area contributed by atoms with Crippen molar-refractivity contribution in [1.82, 2.24) is 24.6 Å². The van der Waals surface area contributed by atoms with Crippen molar-refractivity contribution in [3.8, 4) is 0 Å². The van der Waals surface area contributed by atoms with Gasteiger partial charge in [0.2, 0.25) is 5.89 Å². The second kappa shape index (κ2) is 10.9. The second-order valence-corrected chi connectivity index (χ2v) is 9.39. The lowest BCUT2D eigenvalue weighted by Gasteiger charge is -2.40. The summed E-state index contributed by atoms with van der Waals surface area (Å²) in [6.07, 6.45) is 8.78. The number of piperazine rings is 2. The number of aliphatic hydroxyl groups excluding tert-OH is 1. The molecule has 0 aromatic carbocycles. The van der Waals surface area contributed by atoms with Gasteiger partial charge in [-0.1, -0.05) is 26.2 Å². The molecule has 3 aliphatic rings. The standard InChI is InChI=1S/C23H39N5O3/c1-2-20(29)16-25-8-10-26(11-9-25)17-22-24-21(18-31-22)23(30)28-14-12-27(13-15-28)19-6-4-3-5-7-19/h18-20,29H,2-17H2,1H3. The van der Waals surface area contributed by atoms with Crippen LogP contribution in [0.25, 0.3) is 0 Å². The zero-order chi connectivity index (χ0) is 21.6. The molecule has 0 bridgehead atoms. The quantitative estimate of drug-likeness (QED) is 0.701. The van der Waals surface area contributed by atoms with Crippen LogP contribution in [0.3, 0.4) is 0 Å². The Labute approximate surface area is 186 Å². The van der Waals surface area contributed by atoms with Gasteiger partial charge in [0.15, 0.2) is 5.69 Å². The van der Waals surface area contributed by atoms with Crippen molar-refractivity contribution in [2.75, 3.05) is 58.9 Å². The first-order valence-corrected chi connectivity index (χ1v) is 12.2. The van der Waals surface area contributed by atoms with Crippen molar-refractivity contribution in [3.63, 3.8) is 0 Å². The number of carbonyl (C=O) groups excluding carboxylic acids is 1. The first kappa shape index (κ1) is 22.7. The van der Waals surface area contributed by atoms with Crippen LogP contribution in [0, 0.1) is 0 Å². The van der Waals surface area contributed by atoms with Gasteiger partial charge in [-0.25, -0.2) is 4.98 Å². The molecular formula is C23H39N5O3. The van der Waals surface area contributed by atoms with E-state index >= 15 is 0 Å². The van der Waals surface area contributed by atoms with Crippen molar-refractivity contribution < 1.29 is 14.3 Å². The van der Waals surface area contributed by atoms with Crippen LogP contribution in [0.1, 0.15) is 61.8 Å². The number of hydrogen-bond donors (Lipinski definition) is 1. The van der Waals surface area contributed by atoms with Crippen molar-refractivity contribution in [2.45, 2.75) is 64.1 Å². The van der Waals surface area contributed by atoms with E-state index in [1.807, 2.05) is 11.8 Å². The van der Waals surface area contributed by atoms with E-state index in [4.69, 9.17) is 4.42 Å². The van der Waals surface area contributed by atoms with Gasteiger partial charge in [-0.2, -0.15) is 0 Å². The molecule has 8 heteroatoms. The minimum atomic E-state index is -0.239. The number of oxazole rings is 1. The lowest BCUT2D eigenvalue weighted by Crippen LogP contribution is -2.52. The highest BCUT2D eigenvalue weighted by molar-refractivity contribution is 5.92. The predicted molar refractivity (Wildman–Crippen MR) is 119 cm³/mol. The van der Waals surface area contributed by atoms with Gasteiger partial charge >= 0.3 is 0 Å². The molecule has 8 nitrogen and oxygen atoms in total. The molecule has 0 radical (unpaired) electrons. The van der Waals surface area contributed by atoms with Crippen LogP contribution >= 0.6 is 0 Å². The molecule has 4 rings (SSSR count). The second-order valence-electron chi connectivity index (χ2n) is 9.39. The molecule has 1 N–H and O–H groups in total. The molecule has 174 valence electrons. The molecule has 1 aromatic heterocycles. The third kappa shape index (κ3) is 6.06. The van der Waals surface area contributed by atoms with E-state index in [1.54, 1.807) is 0 Å². The van der Waals surface area contributed by atoms with Crippen LogP contribution in [-0.4, -0.2) is 107 Å². The molecule has 0 spiro atoms. The molecule has 1 aromatic rings. The fourth-order valence-corrected chi connectivity index (χ4v) is 5.13. The van der Waals surface area contributed by atoms with E-state index in [1.165, 1.54) is 38.4 Å². The average Bonchev–Trinajstić information content (AvgIpc) is 3.29. The van der Waals surface area contributed by atoms with Gasteiger partial charge in [0.05, 0.1) is 12.6 Å². The van der Waals surface area contributed by atoms with Crippen LogP contribution < -0.4 is 0 Å². The molecule has 31 heavy (non-hydrogen) atoms. The average molecular weight is 434 g/mol. The van der Waals surface area contributed by atoms with Gasteiger partial charge < -0.3 is 14.4 Å². The fourth-order valence-electron chi connectivity index (χ4n) is 5.13. The Hall–Kier alpha value is -1.48. The highest BCUT2D eigenvalue weighted by atomic mass is 16.3. The topological polar surface area (TPSA) is 76.3 Å². The van der Waals surface area contributed by atoms with Crippen LogP contribution in [0.5, 0.6) is 0 Å². The molecule has 1 saturated carbocycles. The predicted octanol–water partition coefficient (Wildman–Crippen LogP) is 1.65. The van der Waals surface area contributed by atoms with Gasteiger partial charge in [-0.3, -0.25) is 19.5 Å². The van der Waals surface area contributed by atoms with E-state index in [2.05, 4.69) is 19.7 Å². The zero-order valence-electron chi connectivity index (χ0n) is 19.0. The molecule has 1 unspecified atom stereocenters. The summed E-state index contributed by atoms with van der Waals surface area (Å²) in [5, 5.41) is 9.84. The van der Waals surface area contributed by atoms with E-state index < -0.39 is 0 Å². The Morgan fingerprint density at radius 1 is 1.06 bits per heavy atom. The van der Waals surface area contributed by atoms with E-state index in [9.17, 15) is 9.90 Å². The summed E-state index contributed by atoms with van der Waals surface area (Å²) in [7, 11) is 0. The minimum absolute atomic E-state index is 0.00309. The summed E-state index contributed by atoms with van der Waals surface area (Å²) in [5.41, 5.74) is 0.436. The Bertz CT molecular complexity index is 689. The lowest BCUT2D eigenvalue weighted by atomic mass is 9.94. The van der Waals surface area contributed by atoms with E-state index in [-0.39, 0.29) is 12.0 Å². The van der Waals surface area contributed by atoms with E-state index in [0.717, 1.165) is 71.4 Å². The van der Waals surface area contributed by atoms with E-state index in [0.29, 0.717) is 18.1 Å². The summed E-state index contributed by atoms with van der Waals surface area (Å²) in [6, 6.07) is 0.718. The summed E-state index contributed by atoms with van der Waals surface area (Å²) < 4.78 is 5.64. The number of aromatic nitrogens is 1. The molecule has 3 fully saturated rings. The smallest absolute Gasteiger partial charge is 0.275 e. The summed E-state index contributed by atoms with van der Waals surface area (Å²) >= 11 is 0. The van der Waals surface area contributed by atoms with Crippen molar-refractivity contribution in [2.24, 2.45) is 0 Å². The molecule has 1 amide bonds. The van der Waals surface area contributed by atoms with Crippen molar-refractivity contribution in [1.29, 1.82) is 0 Å². The summed E-state index contributed by atoms with van der Waals surface area (Å²) in [4.78, 5) is 26.5. The molecule has 2 aliphatic heterocycles. The minimum Gasteiger partial charge on any atom is -0.447 e. The summed E-state index contributed by atoms with van der Waals surface area (Å²) in [6.45, 7) is 10.6. The number of aliphatic hydroxyl groups is 1. The Balaban J connectivity index is 1.21. The van der Waals surface area contributed by atoms with Crippen molar-refractivity contribution >= 4 is 5.91 Å². The van der Waals surface area contributed by atoms with Crippen LogP contribution in [0.15, 0.2) is 10.7 Å². The SMILES string of the molecule is CCC(O)CN1CCN(Cc2nc(C(=O)N3CCN(C4CCCCC4)CC3)co2)CC1. The summed E-state index contributed by atoms with van der Waals surface area (Å²) in [5.74, 6) is 0.614. The Morgan fingerprint density at radius 3 is 2.42 bits per heavy atom. The third-order valence-corrected chi connectivity index (χ3v) is 7.23. The molecular weight excluding hydrogens is 394 g/mol. The number of carbonyl (C=O) groups is 1. The maximum absolute atomic E-state index is 12.9. The van der Waals surface area contributed by atoms with Gasteiger partial charge in [0.1, 0.15) is 6.26 Å². The zero-order valence-corrected chi connectivity index (χ0v) is 19.0. The third-order valence-electron chi connectivity index (χ3n) is 7.23. The lowest BCUT2D eigenvalue weighted by molar-refractivity contribution is 0.0518. The molecule has 1 atom stereocenters. The Kier molecular flexibility index (Phi) is 7.98. The van der Waals surface area contributed by atoms with Crippen molar-refractivity contribution in [3.05, 3.63) is 17.8 Å². The maximum Gasteiger partial charge on any atom is 0.275 e. The van der Waals surface area contributed by atoms with Gasteiger partial charge in [0, 0.05) is 64.9 Å². The fraction of sp³-hybridized carbons (Fsp3) is 0.826. The maximum atomic E-state index is 12.9. The number of β-amino-alcohol motifs (C(OH)–C–C–N with tert-alkyl or cyclic N) is 1. The van der Waals surface area contributed by atoms with Crippen LogP contribution in [0.2, 0.25) is 0 Å². The number of rotatable bonds is 7. The molecule has 3 heterocycles. The largest absolute Gasteiger partial charge is 0.447 e. The van der Waals surface area contributed by atoms with Gasteiger partial charge in [0.25, 0.3) is 5.91 Å². The Morgan fingerprint density at radius 2 is 1.74 bits per heavy atom. The molecule has 2 saturated heterocycles. The highest BCUT2D eigenvalue weighted by Gasteiger charge is 2.29. The molecule has 1 aliphatic carbocycles. The first-order chi connectivity index (χ1) is 15.1. The normalized spacial score (nSPS) is 23.9. The number of nitrogens with zero attached hydrogens (tertiary/aromatic N) is 5. The van der Waals surface area contributed by atoms with Gasteiger partial charge in [-0.05, 0) is 19.3 Å². The monoisotopic (exact) mass is 433 g/mol. The number of amides is 1. The van der Waals surface area contributed by atoms with Crippen LogP contribution in [0.4, 0.5) is 0 Å². The number of hydrogen-bond acceptors (Lipinski definition) is 7.